The second-order valence-corrected chi connectivity index (χ2v) is 6.54. The summed E-state index contributed by atoms with van der Waals surface area (Å²) in [5.41, 5.74) is 0.146. The maximum atomic E-state index is 13.9. The van der Waals surface area contributed by atoms with Gasteiger partial charge in [0.05, 0.1) is 12.1 Å². The molecule has 1 heterocycles. The topological polar surface area (TPSA) is 21.6 Å². The number of hydrogen-bond acceptors (Lipinski definition) is 2. The van der Waals surface area contributed by atoms with Gasteiger partial charge in [0.1, 0.15) is 6.10 Å². The van der Waals surface area contributed by atoms with Crippen LogP contribution in [-0.2, 0) is 4.84 Å². The number of alkyl halides is 13. The summed E-state index contributed by atoms with van der Waals surface area (Å²) in [7, 11) is 0. The van der Waals surface area contributed by atoms with Gasteiger partial charge in [-0.3, -0.25) is 0 Å². The van der Waals surface area contributed by atoms with E-state index in [4.69, 9.17) is 0 Å². The van der Waals surface area contributed by atoms with Crippen LogP contribution < -0.4 is 0 Å². The van der Waals surface area contributed by atoms with Gasteiger partial charge < -0.3 is 4.84 Å². The minimum Gasteiger partial charge on any atom is -0.392 e. The van der Waals surface area contributed by atoms with Crippen LogP contribution >= 0.6 is 0 Å². The first-order valence-electron chi connectivity index (χ1n) is 8.03. The third-order valence-electron chi connectivity index (χ3n) is 4.32. The Bertz CT molecular complexity index is 817. The lowest BCUT2D eigenvalue weighted by molar-refractivity contribution is -0.440. The molecule has 0 fully saturated rings. The van der Waals surface area contributed by atoms with Crippen LogP contribution in [0.15, 0.2) is 35.5 Å². The molecule has 0 unspecified atom stereocenters. The van der Waals surface area contributed by atoms with E-state index < -0.39 is 54.7 Å². The van der Waals surface area contributed by atoms with Gasteiger partial charge in [0, 0.05) is 6.42 Å². The molecule has 0 amide bonds. The molecule has 31 heavy (non-hydrogen) atoms. The minimum atomic E-state index is -7.91. The molecule has 0 spiro atoms. The van der Waals surface area contributed by atoms with E-state index in [-0.39, 0.29) is 11.3 Å². The summed E-state index contributed by atoms with van der Waals surface area (Å²) in [6.45, 7) is 0. The number of benzene rings is 1. The Morgan fingerprint density at radius 2 is 1.19 bits per heavy atom. The quantitative estimate of drug-likeness (QED) is 0.421. The van der Waals surface area contributed by atoms with E-state index in [1.165, 1.54) is 30.3 Å². The third kappa shape index (κ3) is 3.90. The number of nitrogens with zero attached hydrogens (tertiary/aromatic N) is 1. The van der Waals surface area contributed by atoms with Gasteiger partial charge in [0.2, 0.25) is 0 Å². The zero-order chi connectivity index (χ0) is 24.1. The van der Waals surface area contributed by atoms with Crippen LogP contribution in [0, 0.1) is 0 Å². The highest BCUT2D eigenvalue weighted by Gasteiger charge is 2.90. The van der Waals surface area contributed by atoms with Crippen LogP contribution in [0.4, 0.5) is 57.1 Å². The fourth-order valence-electron chi connectivity index (χ4n) is 2.56. The molecule has 1 aliphatic rings. The SMILES string of the molecule is FC(F)(F)C(F)(F)C(F)(F)C(F)(F)C(F)(F)C(F)(F)C[C@H]1CC(c2ccccc2)=NO1. The summed E-state index contributed by atoms with van der Waals surface area (Å²) in [5.74, 6) is -37.0. The number of halogens is 13. The number of rotatable bonds is 7. The molecule has 1 atom stereocenters. The first kappa shape index (κ1) is 25.0. The van der Waals surface area contributed by atoms with Gasteiger partial charge in [0.15, 0.2) is 0 Å². The van der Waals surface area contributed by atoms with Gasteiger partial charge in [-0.25, -0.2) is 0 Å². The molecular weight excluding hydrogens is 469 g/mol. The lowest BCUT2D eigenvalue weighted by Gasteiger charge is -2.40. The van der Waals surface area contributed by atoms with E-state index >= 15 is 0 Å². The fraction of sp³-hybridized carbons (Fsp3) is 0.562. The maximum absolute atomic E-state index is 13.9. The first-order valence-corrected chi connectivity index (χ1v) is 8.03. The zero-order valence-corrected chi connectivity index (χ0v) is 14.6. The Kier molecular flexibility index (Phi) is 6.00. The average Bonchev–Trinajstić information content (AvgIpc) is 3.08. The maximum Gasteiger partial charge on any atom is 0.460 e. The van der Waals surface area contributed by atoms with Crippen LogP contribution in [-0.4, -0.2) is 47.6 Å². The van der Waals surface area contributed by atoms with Crippen molar-refractivity contribution in [2.24, 2.45) is 5.16 Å². The predicted octanol–water partition coefficient (Wildman–Crippen LogP) is 6.31. The van der Waals surface area contributed by atoms with Crippen molar-refractivity contribution in [3.8, 4) is 0 Å². The van der Waals surface area contributed by atoms with Crippen molar-refractivity contribution >= 4 is 5.71 Å². The molecule has 2 rings (SSSR count). The van der Waals surface area contributed by atoms with Crippen molar-refractivity contribution in [2.45, 2.75) is 54.7 Å². The molecule has 0 saturated carbocycles. The Morgan fingerprint density at radius 1 is 0.710 bits per heavy atom. The van der Waals surface area contributed by atoms with Gasteiger partial charge in [-0.1, -0.05) is 35.5 Å². The summed E-state index contributed by atoms with van der Waals surface area (Å²) in [6, 6.07) is 7.20. The molecule has 0 bridgehead atoms. The molecule has 0 N–H and O–H groups in total. The molecule has 0 aliphatic carbocycles. The Hall–Kier alpha value is -2.22. The van der Waals surface area contributed by atoms with Crippen molar-refractivity contribution in [1.82, 2.24) is 0 Å². The van der Waals surface area contributed by atoms with Gasteiger partial charge in [-0.15, -0.1) is 0 Å². The fourth-order valence-corrected chi connectivity index (χ4v) is 2.56. The van der Waals surface area contributed by atoms with E-state index in [2.05, 4.69) is 9.99 Å². The number of oxime groups is 1. The Balaban J connectivity index is 2.27. The lowest BCUT2D eigenvalue weighted by Crippen LogP contribution is -2.70. The zero-order valence-electron chi connectivity index (χ0n) is 14.6. The Morgan fingerprint density at radius 3 is 1.68 bits per heavy atom. The summed E-state index contributed by atoms with van der Waals surface area (Å²) in [4.78, 5) is 4.38. The molecule has 1 aliphatic heterocycles. The van der Waals surface area contributed by atoms with Gasteiger partial charge in [-0.2, -0.15) is 57.1 Å². The van der Waals surface area contributed by atoms with Gasteiger partial charge >= 0.3 is 35.8 Å². The van der Waals surface area contributed by atoms with Crippen molar-refractivity contribution in [3.63, 3.8) is 0 Å². The average molecular weight is 479 g/mol. The van der Waals surface area contributed by atoms with Crippen LogP contribution in [0.25, 0.3) is 0 Å². The van der Waals surface area contributed by atoms with E-state index in [1.54, 1.807) is 0 Å². The smallest absolute Gasteiger partial charge is 0.392 e. The molecular formula is C16H10F13NO. The lowest BCUT2D eigenvalue weighted by atomic mass is 9.90. The molecule has 1 aromatic rings. The van der Waals surface area contributed by atoms with Crippen molar-refractivity contribution in [2.75, 3.05) is 0 Å². The van der Waals surface area contributed by atoms with Gasteiger partial charge in [-0.05, 0) is 5.56 Å². The molecule has 0 aromatic heterocycles. The van der Waals surface area contributed by atoms with E-state index in [9.17, 15) is 57.1 Å². The molecule has 15 heteroatoms. The number of hydrogen-bond donors (Lipinski definition) is 0. The summed E-state index contributed by atoms with van der Waals surface area (Å²) >= 11 is 0. The van der Waals surface area contributed by atoms with Crippen LogP contribution in [0.5, 0.6) is 0 Å². The second-order valence-electron chi connectivity index (χ2n) is 6.54. The largest absolute Gasteiger partial charge is 0.460 e. The van der Waals surface area contributed by atoms with Gasteiger partial charge in [0.25, 0.3) is 0 Å². The summed E-state index contributed by atoms with van der Waals surface area (Å²) in [5, 5.41) is 3.27. The predicted molar refractivity (Wildman–Crippen MR) is 77.9 cm³/mol. The van der Waals surface area contributed by atoms with Crippen molar-refractivity contribution in [3.05, 3.63) is 35.9 Å². The van der Waals surface area contributed by atoms with E-state index in [1.807, 2.05) is 0 Å². The van der Waals surface area contributed by atoms with E-state index in [0.717, 1.165) is 0 Å². The molecule has 1 aromatic carbocycles. The standard InChI is InChI=1S/C16H10F13NO/c17-11(18,7-9-6-10(30-31-9)8-4-2-1-3-5-8)12(19,20)13(21,22)14(23,24)15(25,26)16(27,28)29/h1-5,9H,6-7H2/t9-/m1/s1. The molecule has 176 valence electrons. The molecule has 0 saturated heterocycles. The van der Waals surface area contributed by atoms with E-state index in [0.29, 0.717) is 0 Å². The highest BCUT2D eigenvalue weighted by Crippen LogP contribution is 2.60. The summed E-state index contributed by atoms with van der Waals surface area (Å²) < 4.78 is 170. The monoisotopic (exact) mass is 479 g/mol. The van der Waals surface area contributed by atoms with Crippen LogP contribution in [0.1, 0.15) is 18.4 Å². The van der Waals surface area contributed by atoms with Crippen LogP contribution in [0.3, 0.4) is 0 Å². The highest BCUT2D eigenvalue weighted by molar-refractivity contribution is 6.01. The third-order valence-corrected chi connectivity index (χ3v) is 4.32. The second kappa shape index (κ2) is 7.43. The highest BCUT2D eigenvalue weighted by atomic mass is 19.4. The summed E-state index contributed by atoms with van der Waals surface area (Å²) in [6.07, 6.45) is -12.6. The molecule has 0 radical (unpaired) electrons. The van der Waals surface area contributed by atoms with Crippen molar-refractivity contribution in [1.29, 1.82) is 0 Å². The Labute approximate surface area is 164 Å². The first-order chi connectivity index (χ1) is 13.8. The molecule has 2 nitrogen and oxygen atoms in total. The van der Waals surface area contributed by atoms with Crippen LogP contribution in [0.2, 0.25) is 0 Å². The van der Waals surface area contributed by atoms with Crippen molar-refractivity contribution < 1.29 is 61.9 Å². The normalized spacial score (nSPS) is 19.3. The minimum absolute atomic E-state index is 0.106.